The molecule has 2 nitrogen and oxygen atoms in total. The molecule has 2 atom stereocenters. The zero-order valence-electron chi connectivity index (χ0n) is 13.3. The van der Waals surface area contributed by atoms with Crippen molar-refractivity contribution in [1.29, 1.82) is 0 Å². The number of rotatable bonds is 5. The molecule has 0 aliphatic heterocycles. The summed E-state index contributed by atoms with van der Waals surface area (Å²) in [5, 5.41) is 3.57. The molecule has 3 rings (SSSR count). The van der Waals surface area contributed by atoms with E-state index in [1.54, 1.807) is 0 Å². The monoisotopic (exact) mass is 370 g/mol. The summed E-state index contributed by atoms with van der Waals surface area (Å²) in [6, 6.07) is 19.2. The molecular weight excluding hydrogens is 348 g/mol. The van der Waals surface area contributed by atoms with Crippen LogP contribution in [0.15, 0.2) is 64.1 Å². The summed E-state index contributed by atoms with van der Waals surface area (Å²) in [6.45, 7) is 1.00. The first kappa shape index (κ1) is 16.3. The minimum atomic E-state index is 0.430. The third kappa shape index (κ3) is 4.93. The molecule has 23 heavy (non-hydrogen) atoms. The van der Waals surface area contributed by atoms with Crippen molar-refractivity contribution < 1.29 is 0 Å². The molecule has 3 heteroatoms. The topological polar surface area (TPSA) is 24.4 Å². The third-order valence-corrected chi connectivity index (χ3v) is 4.97. The highest BCUT2D eigenvalue weighted by molar-refractivity contribution is 9.10. The summed E-state index contributed by atoms with van der Waals surface area (Å²) >= 11 is 3.52. The van der Waals surface area contributed by atoms with Gasteiger partial charge in [-0.25, -0.2) is 0 Å². The highest BCUT2D eigenvalue weighted by atomic mass is 79.9. The lowest BCUT2D eigenvalue weighted by atomic mass is 9.84. The number of nitrogens with zero attached hydrogens (tertiary/aromatic N) is 1. The van der Waals surface area contributed by atoms with Crippen molar-refractivity contribution in [2.45, 2.75) is 31.7 Å². The predicted molar refractivity (Wildman–Crippen MR) is 102 cm³/mol. The average molecular weight is 371 g/mol. The van der Waals surface area contributed by atoms with E-state index in [-0.39, 0.29) is 0 Å². The Morgan fingerprint density at radius 1 is 1.04 bits per heavy atom. The molecule has 0 saturated heterocycles. The van der Waals surface area contributed by atoms with E-state index >= 15 is 0 Å². The van der Waals surface area contributed by atoms with Gasteiger partial charge in [0.25, 0.3) is 0 Å². The van der Waals surface area contributed by atoms with Crippen molar-refractivity contribution in [3.05, 3.63) is 64.6 Å². The largest absolute Gasteiger partial charge is 0.385 e. The Labute approximate surface area is 147 Å². The first-order valence-electron chi connectivity index (χ1n) is 8.39. The average Bonchev–Trinajstić information content (AvgIpc) is 2.60. The third-order valence-electron chi connectivity index (χ3n) is 4.47. The Kier molecular flexibility index (Phi) is 5.87. The van der Waals surface area contributed by atoms with Crippen LogP contribution in [0.2, 0.25) is 0 Å². The Balaban J connectivity index is 1.62. The fourth-order valence-corrected chi connectivity index (χ4v) is 3.61. The molecule has 2 aromatic carbocycles. The van der Waals surface area contributed by atoms with Gasteiger partial charge < -0.3 is 5.32 Å². The molecule has 1 aliphatic carbocycles. The molecule has 1 N–H and O–H groups in total. The molecule has 2 aromatic rings. The maximum Gasteiger partial charge on any atom is 0.0544 e. The number of anilines is 1. The van der Waals surface area contributed by atoms with E-state index in [0.29, 0.717) is 12.0 Å². The van der Waals surface area contributed by atoms with Crippen molar-refractivity contribution >= 4 is 27.8 Å². The van der Waals surface area contributed by atoms with E-state index in [1.807, 2.05) is 12.3 Å². The van der Waals surface area contributed by atoms with E-state index < -0.39 is 0 Å². The first-order valence-corrected chi connectivity index (χ1v) is 9.18. The van der Waals surface area contributed by atoms with Crippen LogP contribution in [0, 0.1) is 5.92 Å². The van der Waals surface area contributed by atoms with Crippen LogP contribution in [0.5, 0.6) is 0 Å². The Bertz CT molecular complexity index is 639. The predicted octanol–water partition coefficient (Wildman–Crippen LogP) is 5.54. The van der Waals surface area contributed by atoms with Crippen molar-refractivity contribution in [2.24, 2.45) is 10.9 Å². The van der Waals surface area contributed by atoms with Gasteiger partial charge in [-0.1, -0.05) is 59.1 Å². The molecule has 1 aliphatic rings. The van der Waals surface area contributed by atoms with Crippen LogP contribution >= 0.6 is 15.9 Å². The van der Waals surface area contributed by atoms with Gasteiger partial charge in [0, 0.05) is 22.9 Å². The van der Waals surface area contributed by atoms with Crippen molar-refractivity contribution in [3.8, 4) is 0 Å². The van der Waals surface area contributed by atoms with E-state index in [4.69, 9.17) is 4.99 Å². The minimum absolute atomic E-state index is 0.430. The van der Waals surface area contributed by atoms with Crippen LogP contribution < -0.4 is 5.32 Å². The zero-order valence-corrected chi connectivity index (χ0v) is 14.9. The van der Waals surface area contributed by atoms with Crippen molar-refractivity contribution in [1.82, 2.24) is 0 Å². The molecule has 0 radical (unpaired) electrons. The van der Waals surface area contributed by atoms with E-state index in [2.05, 4.69) is 69.8 Å². The van der Waals surface area contributed by atoms with Gasteiger partial charge in [-0.3, -0.25) is 4.99 Å². The van der Waals surface area contributed by atoms with E-state index in [9.17, 15) is 0 Å². The van der Waals surface area contributed by atoms with Gasteiger partial charge in [-0.2, -0.15) is 0 Å². The lowest BCUT2D eigenvalue weighted by Crippen LogP contribution is -2.29. The first-order chi connectivity index (χ1) is 11.3. The molecule has 0 spiro atoms. The minimum Gasteiger partial charge on any atom is -0.385 e. The molecule has 120 valence electrons. The van der Waals surface area contributed by atoms with E-state index in [1.165, 1.54) is 36.9 Å². The maximum atomic E-state index is 4.90. The quantitative estimate of drug-likeness (QED) is 0.686. The van der Waals surface area contributed by atoms with Crippen molar-refractivity contribution in [3.63, 3.8) is 0 Å². The Hall–Kier alpha value is -1.61. The van der Waals surface area contributed by atoms with Crippen LogP contribution in [-0.2, 0) is 0 Å². The molecular formula is C20H23BrN2. The summed E-state index contributed by atoms with van der Waals surface area (Å²) in [5.41, 5.74) is 2.37. The molecule has 0 unspecified atom stereocenters. The SMILES string of the molecule is Brc1cccc(C=N[C@H]2CCCC[C@H]2CNc2ccccc2)c1. The Morgan fingerprint density at radius 3 is 2.70 bits per heavy atom. The Morgan fingerprint density at radius 2 is 1.87 bits per heavy atom. The van der Waals surface area contributed by atoms with Crippen LogP contribution in [-0.4, -0.2) is 18.8 Å². The second kappa shape index (κ2) is 8.30. The summed E-state index contributed by atoms with van der Waals surface area (Å²) in [6.07, 6.45) is 7.12. The smallest absolute Gasteiger partial charge is 0.0544 e. The second-order valence-corrected chi connectivity index (χ2v) is 7.11. The molecule has 0 heterocycles. The van der Waals surface area contributed by atoms with Gasteiger partial charge in [0.2, 0.25) is 0 Å². The number of hydrogen-bond acceptors (Lipinski definition) is 2. The number of halogens is 1. The number of aliphatic imine (C=N–C) groups is 1. The standard InChI is InChI=1S/C20H23BrN2/c21-18-9-6-7-16(13-18)14-23-20-12-5-4-8-17(20)15-22-19-10-2-1-3-11-19/h1-3,6-7,9-11,13-14,17,20,22H,4-5,8,12,15H2/t17-,20-/m0/s1. The maximum absolute atomic E-state index is 4.90. The van der Waals surface area contributed by atoms with Gasteiger partial charge in [0.1, 0.15) is 0 Å². The number of para-hydroxylation sites is 1. The summed E-state index contributed by atoms with van der Waals surface area (Å²) in [4.78, 5) is 4.90. The molecule has 1 saturated carbocycles. The van der Waals surface area contributed by atoms with Crippen LogP contribution in [0.4, 0.5) is 5.69 Å². The number of nitrogens with one attached hydrogen (secondary N) is 1. The lowest BCUT2D eigenvalue weighted by Gasteiger charge is -2.29. The fourth-order valence-electron chi connectivity index (χ4n) is 3.20. The molecule has 0 aromatic heterocycles. The highest BCUT2D eigenvalue weighted by Gasteiger charge is 2.23. The summed E-state index contributed by atoms with van der Waals surface area (Å²) in [5.74, 6) is 0.618. The normalized spacial score (nSPS) is 21.4. The molecule has 0 bridgehead atoms. The number of benzene rings is 2. The summed E-state index contributed by atoms with van der Waals surface area (Å²) in [7, 11) is 0. The second-order valence-electron chi connectivity index (χ2n) is 6.19. The van der Waals surface area contributed by atoms with Gasteiger partial charge in [0.15, 0.2) is 0 Å². The lowest BCUT2D eigenvalue weighted by molar-refractivity contribution is 0.324. The van der Waals surface area contributed by atoms with Gasteiger partial charge in [0.05, 0.1) is 6.04 Å². The fraction of sp³-hybridized carbons (Fsp3) is 0.350. The highest BCUT2D eigenvalue weighted by Crippen LogP contribution is 2.27. The van der Waals surface area contributed by atoms with E-state index in [0.717, 1.165) is 11.0 Å². The molecule has 0 amide bonds. The van der Waals surface area contributed by atoms with Gasteiger partial charge in [-0.05, 0) is 48.6 Å². The van der Waals surface area contributed by atoms with Crippen molar-refractivity contribution in [2.75, 3.05) is 11.9 Å². The van der Waals surface area contributed by atoms with Crippen LogP contribution in [0.3, 0.4) is 0 Å². The summed E-state index contributed by atoms with van der Waals surface area (Å²) < 4.78 is 1.10. The van der Waals surface area contributed by atoms with Crippen LogP contribution in [0.1, 0.15) is 31.2 Å². The van der Waals surface area contributed by atoms with Gasteiger partial charge in [-0.15, -0.1) is 0 Å². The number of hydrogen-bond donors (Lipinski definition) is 1. The molecule has 1 fully saturated rings. The zero-order chi connectivity index (χ0) is 15.9. The van der Waals surface area contributed by atoms with Gasteiger partial charge >= 0.3 is 0 Å². The van der Waals surface area contributed by atoms with Crippen LogP contribution in [0.25, 0.3) is 0 Å².